The highest BCUT2D eigenvalue weighted by atomic mass is 16.7. The number of aromatic nitrogens is 1. The summed E-state index contributed by atoms with van der Waals surface area (Å²) in [5.41, 5.74) is 6.42. The number of hydrogen-bond acceptors (Lipinski definition) is 6. The molecule has 8 nitrogen and oxygen atoms in total. The molecule has 0 unspecified atom stereocenters. The Hall–Kier alpha value is -3.94. The molecule has 8 heteroatoms. The average molecular weight is 419 g/mol. The normalized spacial score (nSPS) is 16.5. The van der Waals surface area contributed by atoms with Gasteiger partial charge in [0.25, 0.3) is 5.91 Å². The molecule has 3 heterocycles. The summed E-state index contributed by atoms with van der Waals surface area (Å²) in [6, 6.07) is 15.1. The van der Waals surface area contributed by atoms with E-state index in [9.17, 15) is 4.79 Å². The quantitative estimate of drug-likeness (QED) is 0.519. The van der Waals surface area contributed by atoms with Crippen molar-refractivity contribution < 1.29 is 23.7 Å². The number of carbonyl (C=O) groups excluding carboxylic acids is 1. The molecule has 0 bridgehead atoms. The van der Waals surface area contributed by atoms with Gasteiger partial charge in [-0.2, -0.15) is 5.10 Å². The lowest BCUT2D eigenvalue weighted by Crippen LogP contribution is -2.42. The monoisotopic (exact) mass is 419 g/mol. The lowest BCUT2D eigenvalue weighted by Gasteiger charge is -2.24. The third kappa shape index (κ3) is 3.56. The van der Waals surface area contributed by atoms with Crippen LogP contribution in [0.15, 0.2) is 53.6 Å². The van der Waals surface area contributed by atoms with Crippen molar-refractivity contribution in [2.24, 2.45) is 5.10 Å². The van der Waals surface area contributed by atoms with Crippen LogP contribution >= 0.6 is 0 Å². The van der Waals surface area contributed by atoms with Gasteiger partial charge in [0.05, 0.1) is 6.21 Å². The number of para-hydroxylation sites is 2. The van der Waals surface area contributed by atoms with Crippen LogP contribution in [-0.4, -0.2) is 36.2 Å². The largest absolute Gasteiger partial charge is 0.485 e. The molecule has 1 atom stereocenters. The number of carbonyl (C=O) groups is 1. The summed E-state index contributed by atoms with van der Waals surface area (Å²) in [7, 11) is 0. The van der Waals surface area contributed by atoms with Crippen molar-refractivity contribution in [3.63, 3.8) is 0 Å². The smallest absolute Gasteiger partial charge is 0.284 e. The van der Waals surface area contributed by atoms with Crippen molar-refractivity contribution in [2.45, 2.75) is 20.0 Å². The van der Waals surface area contributed by atoms with Gasteiger partial charge in [-0.1, -0.05) is 12.1 Å². The second-order valence-electron chi connectivity index (χ2n) is 7.30. The molecule has 0 aliphatic carbocycles. The Balaban J connectivity index is 1.29. The molecule has 0 spiro atoms. The fourth-order valence-corrected chi connectivity index (χ4v) is 3.73. The van der Waals surface area contributed by atoms with Crippen LogP contribution < -0.4 is 24.4 Å². The number of benzene rings is 2. The Labute approximate surface area is 179 Å². The fourth-order valence-electron chi connectivity index (χ4n) is 3.73. The molecule has 2 aliphatic heterocycles. The third-order valence-electron chi connectivity index (χ3n) is 5.26. The van der Waals surface area contributed by atoms with E-state index >= 15 is 0 Å². The Bertz CT molecular complexity index is 1180. The molecule has 0 fully saturated rings. The van der Waals surface area contributed by atoms with E-state index in [1.165, 1.54) is 0 Å². The summed E-state index contributed by atoms with van der Waals surface area (Å²) < 4.78 is 24.3. The Morgan fingerprint density at radius 3 is 2.68 bits per heavy atom. The highest BCUT2D eigenvalue weighted by Crippen LogP contribution is 2.35. The molecule has 2 aliphatic rings. The summed E-state index contributed by atoms with van der Waals surface area (Å²) in [6.45, 7) is 4.38. The predicted molar refractivity (Wildman–Crippen MR) is 113 cm³/mol. The molecular weight excluding hydrogens is 398 g/mol. The van der Waals surface area contributed by atoms with Gasteiger partial charge in [-0.25, -0.2) is 5.43 Å². The minimum atomic E-state index is -0.756. The van der Waals surface area contributed by atoms with Crippen LogP contribution in [-0.2, 0) is 4.79 Å². The minimum Gasteiger partial charge on any atom is -0.485 e. The van der Waals surface area contributed by atoms with Gasteiger partial charge in [-0.15, -0.1) is 0 Å². The predicted octanol–water partition coefficient (Wildman–Crippen LogP) is 3.11. The summed E-state index contributed by atoms with van der Waals surface area (Å²) in [5, 5.41) is 4.12. The second-order valence-corrected chi connectivity index (χ2v) is 7.30. The maximum absolute atomic E-state index is 12.4. The number of ether oxygens (including phenoxy) is 4. The first-order valence-corrected chi connectivity index (χ1v) is 9.90. The number of hydrogen-bond donors (Lipinski definition) is 1. The fraction of sp³-hybridized carbons (Fsp3) is 0.217. The van der Waals surface area contributed by atoms with Gasteiger partial charge >= 0.3 is 0 Å². The van der Waals surface area contributed by atoms with Crippen molar-refractivity contribution in [3.8, 4) is 28.7 Å². The van der Waals surface area contributed by atoms with Gasteiger partial charge < -0.3 is 23.5 Å². The standard InChI is InChI=1S/C23H21N3O5/c1-14-9-16(15(2)26(14)17-7-8-19-21(10-17)30-13-29-19)11-24-25-23(27)22-12-28-18-5-3-4-6-20(18)31-22/h3-11,22H,12-13H2,1-2H3,(H,25,27)/b24-11-/t22-/m0/s1. The van der Waals surface area contributed by atoms with Crippen LogP contribution in [0.25, 0.3) is 5.69 Å². The zero-order valence-corrected chi connectivity index (χ0v) is 17.1. The zero-order valence-electron chi connectivity index (χ0n) is 17.1. The molecular formula is C23H21N3O5. The maximum atomic E-state index is 12.4. The van der Waals surface area contributed by atoms with Crippen LogP contribution in [0.3, 0.4) is 0 Å². The van der Waals surface area contributed by atoms with Gasteiger partial charge in [0.15, 0.2) is 23.0 Å². The molecule has 5 rings (SSSR count). The summed E-state index contributed by atoms with van der Waals surface area (Å²) in [6.07, 6.45) is 0.870. The van der Waals surface area contributed by atoms with E-state index in [0.717, 1.165) is 34.1 Å². The number of fused-ring (bicyclic) bond motifs is 2. The van der Waals surface area contributed by atoms with Crippen LogP contribution in [0, 0.1) is 13.8 Å². The summed E-state index contributed by atoms with van der Waals surface area (Å²) >= 11 is 0. The maximum Gasteiger partial charge on any atom is 0.284 e. The SMILES string of the molecule is Cc1cc(/C=N\NC(=O)[C@@H]2COc3ccccc3O2)c(C)n1-c1ccc2c(c1)OCO2. The Morgan fingerprint density at radius 2 is 1.81 bits per heavy atom. The highest BCUT2D eigenvalue weighted by molar-refractivity contribution is 5.86. The minimum absolute atomic E-state index is 0.136. The number of amides is 1. The van der Waals surface area contributed by atoms with E-state index in [4.69, 9.17) is 18.9 Å². The van der Waals surface area contributed by atoms with Crippen molar-refractivity contribution in [1.29, 1.82) is 0 Å². The van der Waals surface area contributed by atoms with Gasteiger partial charge in [-0.3, -0.25) is 4.79 Å². The van der Waals surface area contributed by atoms with E-state index in [0.29, 0.717) is 11.5 Å². The molecule has 1 N–H and O–H groups in total. The van der Waals surface area contributed by atoms with Gasteiger partial charge in [0.2, 0.25) is 12.9 Å². The molecule has 0 saturated heterocycles. The molecule has 1 aromatic heterocycles. The highest BCUT2D eigenvalue weighted by Gasteiger charge is 2.27. The van der Waals surface area contributed by atoms with Gasteiger partial charge in [-0.05, 0) is 44.2 Å². The molecule has 31 heavy (non-hydrogen) atoms. The molecule has 158 valence electrons. The van der Waals surface area contributed by atoms with Crippen LogP contribution in [0.4, 0.5) is 0 Å². The lowest BCUT2D eigenvalue weighted by atomic mass is 10.2. The third-order valence-corrected chi connectivity index (χ3v) is 5.26. The van der Waals surface area contributed by atoms with Crippen molar-refractivity contribution in [1.82, 2.24) is 9.99 Å². The first kappa shape index (κ1) is 19.0. The van der Waals surface area contributed by atoms with Crippen molar-refractivity contribution in [2.75, 3.05) is 13.4 Å². The molecule has 3 aromatic rings. The molecule has 0 radical (unpaired) electrons. The van der Waals surface area contributed by atoms with E-state index in [1.54, 1.807) is 18.3 Å². The Morgan fingerprint density at radius 1 is 1.03 bits per heavy atom. The van der Waals surface area contributed by atoms with Crippen molar-refractivity contribution in [3.05, 3.63) is 65.5 Å². The average Bonchev–Trinajstić information content (AvgIpc) is 3.36. The number of nitrogens with zero attached hydrogens (tertiary/aromatic N) is 2. The van der Waals surface area contributed by atoms with E-state index in [2.05, 4.69) is 15.1 Å². The number of hydrazone groups is 1. The number of rotatable bonds is 4. The molecule has 2 aromatic carbocycles. The van der Waals surface area contributed by atoms with Gasteiger partial charge in [0.1, 0.15) is 6.61 Å². The van der Waals surface area contributed by atoms with Crippen LogP contribution in [0.1, 0.15) is 17.0 Å². The second kappa shape index (κ2) is 7.71. The molecule has 1 amide bonds. The van der Waals surface area contributed by atoms with E-state index in [1.807, 2.05) is 50.2 Å². The lowest BCUT2D eigenvalue weighted by molar-refractivity contribution is -0.130. The topological polar surface area (TPSA) is 83.3 Å². The van der Waals surface area contributed by atoms with E-state index in [-0.39, 0.29) is 19.3 Å². The zero-order chi connectivity index (χ0) is 21.4. The van der Waals surface area contributed by atoms with Gasteiger partial charge in [0, 0.05) is 28.7 Å². The van der Waals surface area contributed by atoms with Crippen molar-refractivity contribution >= 4 is 12.1 Å². The summed E-state index contributed by atoms with van der Waals surface area (Å²) in [4.78, 5) is 12.4. The summed E-state index contributed by atoms with van der Waals surface area (Å²) in [5.74, 6) is 2.28. The number of nitrogens with one attached hydrogen (secondary N) is 1. The van der Waals surface area contributed by atoms with Crippen LogP contribution in [0.5, 0.6) is 23.0 Å². The van der Waals surface area contributed by atoms with E-state index < -0.39 is 6.10 Å². The Kier molecular flexibility index (Phi) is 4.74. The molecule has 0 saturated carbocycles. The first-order valence-electron chi connectivity index (χ1n) is 9.90. The number of aryl methyl sites for hydroxylation is 1. The van der Waals surface area contributed by atoms with Crippen LogP contribution in [0.2, 0.25) is 0 Å². The first-order chi connectivity index (χ1) is 15.1.